The van der Waals surface area contributed by atoms with Gasteiger partial charge in [0.25, 0.3) is 0 Å². The standard InChI is InChI=1S/C16H22FNO/c1-18(14-8-3-2-4-9-14)16(19)12-11-13-7-5-6-10-15(13)17/h5-7,10,14H,2-4,8-9,11-12H2,1H3. The van der Waals surface area contributed by atoms with Gasteiger partial charge in [-0.05, 0) is 30.9 Å². The van der Waals surface area contributed by atoms with Crippen LogP contribution >= 0.6 is 0 Å². The predicted molar refractivity (Wildman–Crippen MR) is 74.4 cm³/mol. The van der Waals surface area contributed by atoms with Crippen molar-refractivity contribution in [1.82, 2.24) is 4.90 Å². The molecule has 1 fully saturated rings. The van der Waals surface area contributed by atoms with Crippen molar-refractivity contribution in [2.24, 2.45) is 0 Å². The first-order chi connectivity index (χ1) is 9.18. The van der Waals surface area contributed by atoms with Crippen molar-refractivity contribution in [1.29, 1.82) is 0 Å². The number of hydrogen-bond donors (Lipinski definition) is 0. The van der Waals surface area contributed by atoms with Crippen LogP contribution in [0.1, 0.15) is 44.1 Å². The summed E-state index contributed by atoms with van der Waals surface area (Å²) in [5.74, 6) is -0.0780. The van der Waals surface area contributed by atoms with E-state index in [9.17, 15) is 9.18 Å². The van der Waals surface area contributed by atoms with E-state index in [4.69, 9.17) is 0 Å². The molecule has 1 saturated carbocycles. The van der Waals surface area contributed by atoms with Gasteiger partial charge in [-0.1, -0.05) is 37.5 Å². The van der Waals surface area contributed by atoms with E-state index in [0.29, 0.717) is 24.4 Å². The molecule has 1 aromatic rings. The van der Waals surface area contributed by atoms with Gasteiger partial charge in [0.1, 0.15) is 5.82 Å². The Hall–Kier alpha value is -1.38. The smallest absolute Gasteiger partial charge is 0.222 e. The van der Waals surface area contributed by atoms with Crippen molar-refractivity contribution >= 4 is 5.91 Å². The Morgan fingerprint density at radius 3 is 2.63 bits per heavy atom. The molecule has 104 valence electrons. The minimum Gasteiger partial charge on any atom is -0.343 e. The maximum atomic E-state index is 13.5. The average Bonchev–Trinajstić information content (AvgIpc) is 2.46. The van der Waals surface area contributed by atoms with Crippen molar-refractivity contribution in [3.63, 3.8) is 0 Å². The zero-order valence-electron chi connectivity index (χ0n) is 11.6. The molecule has 3 heteroatoms. The van der Waals surface area contributed by atoms with Gasteiger partial charge in [-0.25, -0.2) is 4.39 Å². The third-order valence-electron chi connectivity index (χ3n) is 4.08. The lowest BCUT2D eigenvalue weighted by molar-refractivity contribution is -0.132. The van der Waals surface area contributed by atoms with Crippen LogP contribution < -0.4 is 0 Å². The number of carbonyl (C=O) groups is 1. The second kappa shape index (κ2) is 6.69. The Morgan fingerprint density at radius 2 is 1.95 bits per heavy atom. The number of amides is 1. The second-order valence-electron chi connectivity index (χ2n) is 5.39. The summed E-state index contributed by atoms with van der Waals surface area (Å²) in [6.45, 7) is 0. The first kappa shape index (κ1) is 14.0. The molecule has 0 radical (unpaired) electrons. The molecule has 19 heavy (non-hydrogen) atoms. The number of benzene rings is 1. The molecule has 0 aromatic heterocycles. The monoisotopic (exact) mass is 263 g/mol. The van der Waals surface area contributed by atoms with Crippen molar-refractivity contribution < 1.29 is 9.18 Å². The van der Waals surface area contributed by atoms with E-state index in [1.165, 1.54) is 25.3 Å². The summed E-state index contributed by atoms with van der Waals surface area (Å²) < 4.78 is 13.5. The van der Waals surface area contributed by atoms with Gasteiger partial charge in [0.2, 0.25) is 5.91 Å². The van der Waals surface area contributed by atoms with Crippen LogP contribution in [0.25, 0.3) is 0 Å². The first-order valence-corrected chi connectivity index (χ1v) is 7.17. The van der Waals surface area contributed by atoms with Crippen LogP contribution in [-0.4, -0.2) is 23.9 Å². The summed E-state index contributed by atoms with van der Waals surface area (Å²) >= 11 is 0. The quantitative estimate of drug-likeness (QED) is 0.813. The fraction of sp³-hybridized carbons (Fsp3) is 0.562. The van der Waals surface area contributed by atoms with Crippen molar-refractivity contribution in [3.05, 3.63) is 35.6 Å². The lowest BCUT2D eigenvalue weighted by Crippen LogP contribution is -2.38. The second-order valence-corrected chi connectivity index (χ2v) is 5.39. The average molecular weight is 263 g/mol. The number of nitrogens with zero attached hydrogens (tertiary/aromatic N) is 1. The van der Waals surface area contributed by atoms with Gasteiger partial charge >= 0.3 is 0 Å². The topological polar surface area (TPSA) is 20.3 Å². The van der Waals surface area contributed by atoms with Gasteiger partial charge in [-0.3, -0.25) is 4.79 Å². The lowest BCUT2D eigenvalue weighted by atomic mass is 9.94. The van der Waals surface area contributed by atoms with Gasteiger partial charge in [0.05, 0.1) is 0 Å². The van der Waals surface area contributed by atoms with Crippen molar-refractivity contribution in [2.45, 2.75) is 51.0 Å². The molecule has 0 bridgehead atoms. The molecule has 0 aliphatic heterocycles. The SMILES string of the molecule is CN(C(=O)CCc1ccccc1F)C1CCCCC1. The molecule has 0 N–H and O–H groups in total. The van der Waals surface area contributed by atoms with E-state index in [-0.39, 0.29) is 11.7 Å². The van der Waals surface area contributed by atoms with Crippen LogP contribution in [0.15, 0.2) is 24.3 Å². The molecule has 1 amide bonds. The van der Waals surface area contributed by atoms with E-state index in [2.05, 4.69) is 0 Å². The van der Waals surface area contributed by atoms with Gasteiger partial charge in [0.15, 0.2) is 0 Å². The fourth-order valence-electron chi connectivity index (χ4n) is 2.79. The van der Waals surface area contributed by atoms with Crippen molar-refractivity contribution in [2.75, 3.05) is 7.05 Å². The Bertz CT molecular complexity index is 427. The first-order valence-electron chi connectivity index (χ1n) is 7.17. The Kier molecular flexibility index (Phi) is 4.94. The molecule has 1 aromatic carbocycles. The molecule has 0 saturated heterocycles. The normalized spacial score (nSPS) is 16.3. The molecule has 0 unspecified atom stereocenters. The fourth-order valence-corrected chi connectivity index (χ4v) is 2.79. The van der Waals surface area contributed by atoms with E-state index in [1.807, 2.05) is 18.0 Å². The summed E-state index contributed by atoms with van der Waals surface area (Å²) in [5, 5.41) is 0. The zero-order chi connectivity index (χ0) is 13.7. The van der Waals surface area contributed by atoms with E-state index >= 15 is 0 Å². The summed E-state index contributed by atoms with van der Waals surface area (Å²) in [4.78, 5) is 14.0. The van der Waals surface area contributed by atoms with Crippen LogP contribution in [0.4, 0.5) is 4.39 Å². The number of carbonyl (C=O) groups excluding carboxylic acids is 1. The zero-order valence-corrected chi connectivity index (χ0v) is 11.6. The summed E-state index contributed by atoms with van der Waals surface area (Å²) in [6.07, 6.45) is 6.83. The van der Waals surface area contributed by atoms with Crippen LogP contribution in [-0.2, 0) is 11.2 Å². The van der Waals surface area contributed by atoms with E-state index in [1.54, 1.807) is 12.1 Å². The van der Waals surface area contributed by atoms with Crippen molar-refractivity contribution in [3.8, 4) is 0 Å². The summed E-state index contributed by atoms with van der Waals surface area (Å²) in [5.41, 5.74) is 0.632. The molecule has 1 aliphatic carbocycles. The molecule has 1 aliphatic rings. The summed E-state index contributed by atoms with van der Waals surface area (Å²) in [6, 6.07) is 7.08. The molecule has 0 spiro atoms. The number of aryl methyl sites for hydroxylation is 1. The van der Waals surface area contributed by atoms with Gasteiger partial charge in [-0.2, -0.15) is 0 Å². The van der Waals surface area contributed by atoms with Crippen LogP contribution in [0.2, 0.25) is 0 Å². The Balaban J connectivity index is 1.85. The van der Waals surface area contributed by atoms with E-state index < -0.39 is 0 Å². The van der Waals surface area contributed by atoms with Gasteiger partial charge < -0.3 is 4.90 Å². The molecular formula is C16H22FNO. The Labute approximate surface area is 114 Å². The lowest BCUT2D eigenvalue weighted by Gasteiger charge is -2.31. The Morgan fingerprint density at radius 1 is 1.26 bits per heavy atom. The highest BCUT2D eigenvalue weighted by Crippen LogP contribution is 2.22. The highest BCUT2D eigenvalue weighted by molar-refractivity contribution is 5.76. The number of hydrogen-bond acceptors (Lipinski definition) is 1. The van der Waals surface area contributed by atoms with Gasteiger partial charge in [-0.15, -0.1) is 0 Å². The molecule has 0 heterocycles. The largest absolute Gasteiger partial charge is 0.343 e. The van der Waals surface area contributed by atoms with Gasteiger partial charge in [0, 0.05) is 19.5 Å². The predicted octanol–water partition coefficient (Wildman–Crippen LogP) is 3.55. The minimum atomic E-state index is -0.212. The highest BCUT2D eigenvalue weighted by atomic mass is 19.1. The minimum absolute atomic E-state index is 0.134. The van der Waals surface area contributed by atoms with Crippen LogP contribution in [0.3, 0.4) is 0 Å². The number of rotatable bonds is 4. The van der Waals surface area contributed by atoms with Crippen LogP contribution in [0, 0.1) is 5.82 Å². The summed E-state index contributed by atoms with van der Waals surface area (Å²) in [7, 11) is 1.89. The molecule has 2 rings (SSSR count). The molecule has 0 atom stereocenters. The third-order valence-corrected chi connectivity index (χ3v) is 4.08. The molecule has 2 nitrogen and oxygen atoms in total. The maximum absolute atomic E-state index is 13.5. The maximum Gasteiger partial charge on any atom is 0.222 e. The third kappa shape index (κ3) is 3.79. The number of halogens is 1. The van der Waals surface area contributed by atoms with Crippen LogP contribution in [0.5, 0.6) is 0 Å². The molecular weight excluding hydrogens is 241 g/mol. The van der Waals surface area contributed by atoms with E-state index in [0.717, 1.165) is 12.8 Å². The highest BCUT2D eigenvalue weighted by Gasteiger charge is 2.21.